The molecule has 0 aliphatic carbocycles. The maximum atomic E-state index is 13.2. The summed E-state index contributed by atoms with van der Waals surface area (Å²) in [6, 6.07) is 20.2. The average Bonchev–Trinajstić information content (AvgIpc) is 3.35. The first-order valence-electron chi connectivity index (χ1n) is 11.6. The zero-order valence-electron chi connectivity index (χ0n) is 19.2. The van der Waals surface area contributed by atoms with E-state index in [-0.39, 0.29) is 5.82 Å². The Hall–Kier alpha value is -3.58. The van der Waals surface area contributed by atoms with Crippen molar-refractivity contribution in [2.75, 3.05) is 19.7 Å². The minimum absolute atomic E-state index is 0.195. The number of benzene rings is 2. The summed E-state index contributed by atoms with van der Waals surface area (Å²) in [5.74, 6) is 1.93. The third kappa shape index (κ3) is 5.48. The van der Waals surface area contributed by atoms with Gasteiger partial charge in [-0.15, -0.1) is 0 Å². The topological polar surface area (TPSA) is 64.3 Å². The van der Waals surface area contributed by atoms with Crippen LogP contribution in [0.3, 0.4) is 0 Å². The number of ether oxygens (including phenoxy) is 1. The molecule has 1 fully saturated rings. The van der Waals surface area contributed by atoms with E-state index in [4.69, 9.17) is 9.26 Å². The first-order valence-corrected chi connectivity index (χ1v) is 11.6. The molecule has 1 atom stereocenters. The number of halogens is 1. The van der Waals surface area contributed by atoms with E-state index in [0.717, 1.165) is 55.0 Å². The Morgan fingerprint density at radius 2 is 1.91 bits per heavy atom. The first-order chi connectivity index (χ1) is 16.6. The van der Waals surface area contributed by atoms with Crippen molar-refractivity contribution in [3.8, 4) is 28.7 Å². The summed E-state index contributed by atoms with van der Waals surface area (Å²) in [4.78, 5) is 11.4. The van der Waals surface area contributed by atoms with Crippen LogP contribution in [0.1, 0.15) is 24.1 Å². The number of hydrogen-bond donors (Lipinski definition) is 0. The van der Waals surface area contributed by atoms with E-state index in [1.54, 1.807) is 0 Å². The molecule has 1 unspecified atom stereocenters. The third-order valence-electron chi connectivity index (χ3n) is 6.03. The molecule has 7 heteroatoms. The predicted molar refractivity (Wildman–Crippen MR) is 128 cm³/mol. The highest BCUT2D eigenvalue weighted by Gasteiger charge is 2.21. The number of hydrogen-bond acceptors (Lipinski definition) is 6. The van der Waals surface area contributed by atoms with Gasteiger partial charge < -0.3 is 9.26 Å². The smallest absolute Gasteiger partial charge is 0.258 e. The lowest BCUT2D eigenvalue weighted by Crippen LogP contribution is -2.37. The minimum atomic E-state index is -0.195. The quantitative estimate of drug-likeness (QED) is 0.362. The molecule has 1 saturated heterocycles. The van der Waals surface area contributed by atoms with E-state index in [2.05, 4.69) is 20.0 Å². The Morgan fingerprint density at radius 3 is 2.76 bits per heavy atom. The Balaban J connectivity index is 1.19. The Morgan fingerprint density at radius 1 is 1.06 bits per heavy atom. The summed E-state index contributed by atoms with van der Waals surface area (Å²) in [5, 5.41) is 4.08. The standard InChI is InChI=1S/C27H27FN4O2/c1-19-5-2-9-25(29-19)26-30-27(34-31-26)22-7-3-8-24(15-22)33-18-21-6-4-14-32(17-21)16-20-10-12-23(28)13-11-20/h2-3,5,7-13,15,21H,4,6,14,16-18H2,1H3. The van der Waals surface area contributed by atoms with Gasteiger partial charge >= 0.3 is 0 Å². The van der Waals surface area contributed by atoms with Crippen molar-refractivity contribution in [3.05, 3.63) is 83.8 Å². The number of aryl methyl sites for hydroxylation is 1. The fourth-order valence-electron chi connectivity index (χ4n) is 4.32. The number of nitrogens with zero attached hydrogens (tertiary/aromatic N) is 4. The van der Waals surface area contributed by atoms with Crippen LogP contribution in [0.15, 0.2) is 71.3 Å². The van der Waals surface area contributed by atoms with Gasteiger partial charge in [0.1, 0.15) is 17.3 Å². The molecule has 0 spiro atoms. The lowest BCUT2D eigenvalue weighted by Gasteiger charge is -2.32. The van der Waals surface area contributed by atoms with Crippen LogP contribution >= 0.6 is 0 Å². The van der Waals surface area contributed by atoms with E-state index in [1.807, 2.05) is 61.5 Å². The van der Waals surface area contributed by atoms with Gasteiger partial charge in [-0.3, -0.25) is 4.90 Å². The van der Waals surface area contributed by atoms with Crippen molar-refractivity contribution in [1.29, 1.82) is 0 Å². The number of aromatic nitrogens is 3. The van der Waals surface area contributed by atoms with Crippen LogP contribution in [0.4, 0.5) is 4.39 Å². The highest BCUT2D eigenvalue weighted by atomic mass is 19.1. The molecule has 0 N–H and O–H groups in total. The van der Waals surface area contributed by atoms with E-state index >= 15 is 0 Å². The number of pyridine rings is 1. The Labute approximate surface area is 198 Å². The summed E-state index contributed by atoms with van der Waals surface area (Å²) < 4.78 is 24.8. The van der Waals surface area contributed by atoms with E-state index < -0.39 is 0 Å². The second kappa shape index (κ2) is 10.1. The zero-order chi connectivity index (χ0) is 23.3. The molecule has 0 saturated carbocycles. The second-order valence-electron chi connectivity index (χ2n) is 8.80. The summed E-state index contributed by atoms with van der Waals surface area (Å²) in [6.07, 6.45) is 2.27. The molecule has 174 valence electrons. The molecule has 2 aromatic heterocycles. The van der Waals surface area contributed by atoms with Gasteiger partial charge in [-0.1, -0.05) is 29.4 Å². The Bertz CT molecular complexity index is 1240. The van der Waals surface area contributed by atoms with Crippen molar-refractivity contribution in [2.45, 2.75) is 26.3 Å². The first kappa shape index (κ1) is 22.2. The average molecular weight is 459 g/mol. The lowest BCUT2D eigenvalue weighted by atomic mass is 9.98. The molecular formula is C27H27FN4O2. The minimum Gasteiger partial charge on any atom is -0.493 e. The molecule has 3 heterocycles. The van der Waals surface area contributed by atoms with Crippen LogP contribution in [0.5, 0.6) is 5.75 Å². The molecule has 0 radical (unpaired) electrons. The van der Waals surface area contributed by atoms with Crippen LogP contribution in [0.25, 0.3) is 23.0 Å². The molecule has 0 amide bonds. The molecule has 0 bridgehead atoms. The van der Waals surface area contributed by atoms with Crippen molar-refractivity contribution in [2.24, 2.45) is 5.92 Å². The molecule has 6 nitrogen and oxygen atoms in total. The normalized spacial score (nSPS) is 16.5. The van der Waals surface area contributed by atoms with Crippen LogP contribution < -0.4 is 4.74 Å². The van der Waals surface area contributed by atoms with Crippen LogP contribution in [-0.2, 0) is 6.54 Å². The van der Waals surface area contributed by atoms with E-state index in [1.165, 1.54) is 12.1 Å². The second-order valence-corrected chi connectivity index (χ2v) is 8.80. The highest BCUT2D eigenvalue weighted by molar-refractivity contribution is 5.59. The van der Waals surface area contributed by atoms with Crippen molar-refractivity contribution >= 4 is 0 Å². The summed E-state index contributed by atoms with van der Waals surface area (Å²) in [7, 11) is 0. The van der Waals surface area contributed by atoms with Gasteiger partial charge in [-0.05, 0) is 74.3 Å². The van der Waals surface area contributed by atoms with Crippen LogP contribution in [0, 0.1) is 18.7 Å². The highest BCUT2D eigenvalue weighted by Crippen LogP contribution is 2.26. The van der Waals surface area contributed by atoms with Gasteiger partial charge in [0.15, 0.2) is 0 Å². The molecule has 1 aliphatic heterocycles. The van der Waals surface area contributed by atoms with Crippen molar-refractivity contribution in [3.63, 3.8) is 0 Å². The largest absolute Gasteiger partial charge is 0.493 e. The van der Waals surface area contributed by atoms with Gasteiger partial charge in [-0.2, -0.15) is 4.98 Å². The van der Waals surface area contributed by atoms with Gasteiger partial charge in [0, 0.05) is 30.3 Å². The zero-order valence-corrected chi connectivity index (χ0v) is 19.2. The molecular weight excluding hydrogens is 431 g/mol. The third-order valence-corrected chi connectivity index (χ3v) is 6.03. The maximum Gasteiger partial charge on any atom is 0.258 e. The SMILES string of the molecule is Cc1cccc(-c2noc(-c3cccc(OCC4CCCN(Cc5ccc(F)cc5)C4)c3)n2)n1. The molecule has 2 aromatic carbocycles. The summed E-state index contributed by atoms with van der Waals surface area (Å²) >= 11 is 0. The monoisotopic (exact) mass is 458 g/mol. The van der Waals surface area contributed by atoms with Crippen molar-refractivity contribution < 1.29 is 13.7 Å². The Kier molecular flexibility index (Phi) is 6.62. The summed E-state index contributed by atoms with van der Waals surface area (Å²) in [5.41, 5.74) is 3.53. The number of likely N-dealkylation sites (tertiary alicyclic amines) is 1. The van der Waals surface area contributed by atoms with Gasteiger partial charge in [-0.25, -0.2) is 9.37 Å². The maximum absolute atomic E-state index is 13.2. The molecule has 5 rings (SSSR count). The predicted octanol–water partition coefficient (Wildman–Crippen LogP) is 5.54. The van der Waals surface area contributed by atoms with E-state index in [9.17, 15) is 4.39 Å². The van der Waals surface area contributed by atoms with Crippen molar-refractivity contribution in [1.82, 2.24) is 20.0 Å². The van der Waals surface area contributed by atoms with Crippen LogP contribution in [-0.4, -0.2) is 39.7 Å². The van der Waals surface area contributed by atoms with E-state index in [0.29, 0.717) is 29.9 Å². The van der Waals surface area contributed by atoms with Gasteiger partial charge in [0.25, 0.3) is 5.89 Å². The van der Waals surface area contributed by atoms with Gasteiger partial charge in [0.05, 0.1) is 6.61 Å². The number of piperidine rings is 1. The molecule has 34 heavy (non-hydrogen) atoms. The fraction of sp³-hybridized carbons (Fsp3) is 0.296. The van der Waals surface area contributed by atoms with Crippen LogP contribution in [0.2, 0.25) is 0 Å². The lowest BCUT2D eigenvalue weighted by molar-refractivity contribution is 0.125. The molecule has 1 aliphatic rings. The number of rotatable bonds is 7. The summed E-state index contributed by atoms with van der Waals surface area (Å²) in [6.45, 7) is 5.43. The molecule has 4 aromatic rings. The van der Waals surface area contributed by atoms with Gasteiger partial charge in [0.2, 0.25) is 5.82 Å². The fourth-order valence-corrected chi connectivity index (χ4v) is 4.32.